The Balaban J connectivity index is 1.76. The topological polar surface area (TPSA) is 79.1 Å². The number of nitrogens with one attached hydrogen (secondary N) is 1. The first-order valence-corrected chi connectivity index (χ1v) is 10.6. The maximum absolute atomic E-state index is 13.2. The smallest absolute Gasteiger partial charge is 0.274 e. The fourth-order valence-electron chi connectivity index (χ4n) is 3.72. The second kappa shape index (κ2) is 9.24. The van der Waals surface area contributed by atoms with Crippen LogP contribution in [0.4, 0.5) is 0 Å². The van der Waals surface area contributed by atoms with E-state index in [9.17, 15) is 9.90 Å². The van der Waals surface area contributed by atoms with Gasteiger partial charge in [0.25, 0.3) is 5.91 Å². The van der Waals surface area contributed by atoms with E-state index in [0.717, 1.165) is 36.2 Å². The van der Waals surface area contributed by atoms with E-state index in [1.807, 2.05) is 48.4 Å². The molecule has 0 aliphatic carbocycles. The van der Waals surface area contributed by atoms with Crippen molar-refractivity contribution in [3.63, 3.8) is 0 Å². The van der Waals surface area contributed by atoms with Gasteiger partial charge in [-0.25, -0.2) is 4.98 Å². The number of morpholine rings is 1. The molecule has 7 nitrogen and oxygen atoms in total. The number of rotatable bonds is 8. The minimum atomic E-state index is -0.628. The Morgan fingerprint density at radius 3 is 2.79 bits per heavy atom. The van der Waals surface area contributed by atoms with Crippen LogP contribution in [0.25, 0.3) is 5.65 Å². The molecule has 0 unspecified atom stereocenters. The number of carbonyl (C=O) groups is 1. The average Bonchev–Trinajstić information content (AvgIpc) is 3.05. The predicted octanol–water partition coefficient (Wildman–Crippen LogP) is 2.53. The molecule has 7 heteroatoms. The first-order valence-electron chi connectivity index (χ1n) is 10.6. The van der Waals surface area contributed by atoms with Gasteiger partial charge in [-0.1, -0.05) is 6.07 Å². The zero-order valence-electron chi connectivity index (χ0n) is 18.1. The molecule has 0 spiro atoms. The first-order chi connectivity index (χ1) is 13.8. The molecule has 1 aliphatic heterocycles. The largest absolute Gasteiger partial charge is 0.390 e. The zero-order valence-corrected chi connectivity index (χ0v) is 18.1. The third kappa shape index (κ3) is 5.56. The zero-order chi connectivity index (χ0) is 21.0. The number of imidazole rings is 1. The lowest BCUT2D eigenvalue weighted by molar-refractivity contribution is 0.0298. The molecule has 1 saturated heterocycles. The number of carbonyl (C=O) groups excluding carboxylic acids is 1. The number of hydrogen-bond acceptors (Lipinski definition) is 5. The molecule has 3 heterocycles. The molecular formula is C22H34N4O3. The number of hydrogen-bond donors (Lipinski definition) is 2. The van der Waals surface area contributed by atoms with E-state index in [4.69, 9.17) is 9.72 Å². The second-order valence-electron chi connectivity index (χ2n) is 8.68. The monoisotopic (exact) mass is 402 g/mol. The summed E-state index contributed by atoms with van der Waals surface area (Å²) in [7, 11) is 0. The number of amides is 1. The van der Waals surface area contributed by atoms with Gasteiger partial charge in [0, 0.05) is 31.9 Å². The lowest BCUT2D eigenvalue weighted by atomic mass is 10.00. The van der Waals surface area contributed by atoms with Crippen LogP contribution in [-0.4, -0.2) is 63.2 Å². The highest BCUT2D eigenvalue weighted by molar-refractivity contribution is 5.94. The van der Waals surface area contributed by atoms with Crippen LogP contribution in [0.15, 0.2) is 18.3 Å². The highest BCUT2D eigenvalue weighted by Crippen LogP contribution is 2.19. The molecule has 0 radical (unpaired) electrons. The standard InChI is InChI=1S/C22H34N4O3/c1-16-7-6-10-26-18(15-23-17(2)8-5-9-22(3,4)28)19(24-20(16)26)21(27)25-11-13-29-14-12-25/h6-7,10,17,23,28H,5,8-9,11-15H2,1-4H3/t17-/m0/s1. The van der Waals surface area contributed by atoms with Gasteiger partial charge in [0.2, 0.25) is 0 Å². The van der Waals surface area contributed by atoms with Crippen molar-refractivity contribution in [3.8, 4) is 0 Å². The van der Waals surface area contributed by atoms with Gasteiger partial charge in [0.1, 0.15) is 5.65 Å². The summed E-state index contributed by atoms with van der Waals surface area (Å²) in [4.78, 5) is 19.7. The van der Waals surface area contributed by atoms with Crippen molar-refractivity contribution in [2.24, 2.45) is 0 Å². The van der Waals surface area contributed by atoms with E-state index in [1.54, 1.807) is 0 Å². The van der Waals surface area contributed by atoms with Crippen LogP contribution in [0, 0.1) is 6.92 Å². The number of ether oxygens (including phenoxy) is 1. The van der Waals surface area contributed by atoms with Gasteiger partial charge in [-0.15, -0.1) is 0 Å². The minimum Gasteiger partial charge on any atom is -0.390 e. The summed E-state index contributed by atoms with van der Waals surface area (Å²) in [5.41, 5.74) is 2.67. The molecule has 1 aliphatic rings. The van der Waals surface area contributed by atoms with Gasteiger partial charge >= 0.3 is 0 Å². The van der Waals surface area contributed by atoms with Crippen LogP contribution in [-0.2, 0) is 11.3 Å². The van der Waals surface area contributed by atoms with Gasteiger partial charge in [-0.3, -0.25) is 4.79 Å². The maximum atomic E-state index is 13.2. The quantitative estimate of drug-likeness (QED) is 0.709. The molecular weight excluding hydrogens is 368 g/mol. The molecule has 0 aromatic carbocycles. The van der Waals surface area contributed by atoms with Crippen LogP contribution in [0.5, 0.6) is 0 Å². The van der Waals surface area contributed by atoms with Gasteiger partial charge in [-0.05, 0) is 58.6 Å². The van der Waals surface area contributed by atoms with Crippen LogP contribution in [0.3, 0.4) is 0 Å². The van der Waals surface area contributed by atoms with Crippen molar-refractivity contribution in [1.82, 2.24) is 19.6 Å². The summed E-state index contributed by atoms with van der Waals surface area (Å²) < 4.78 is 7.41. The highest BCUT2D eigenvalue weighted by atomic mass is 16.5. The van der Waals surface area contributed by atoms with Crippen molar-refractivity contribution in [3.05, 3.63) is 35.3 Å². The Labute approximate surface area is 173 Å². The molecule has 1 amide bonds. The SMILES string of the molecule is Cc1cccn2c(CN[C@@H](C)CCCC(C)(C)O)c(C(=O)N3CCOCC3)nc12. The predicted molar refractivity (Wildman–Crippen MR) is 113 cm³/mol. The first kappa shape index (κ1) is 21.7. The van der Waals surface area contributed by atoms with Crippen LogP contribution >= 0.6 is 0 Å². The van der Waals surface area contributed by atoms with E-state index < -0.39 is 5.60 Å². The average molecular weight is 403 g/mol. The van der Waals surface area contributed by atoms with Crippen molar-refractivity contribution in [2.45, 2.75) is 65.1 Å². The van der Waals surface area contributed by atoms with Crippen LogP contribution in [0.1, 0.15) is 61.8 Å². The Morgan fingerprint density at radius 2 is 2.10 bits per heavy atom. The summed E-state index contributed by atoms with van der Waals surface area (Å²) in [6, 6.07) is 4.28. The number of aromatic nitrogens is 2. The Kier molecular flexibility index (Phi) is 6.93. The summed E-state index contributed by atoms with van der Waals surface area (Å²) in [5, 5.41) is 13.4. The van der Waals surface area contributed by atoms with Crippen molar-refractivity contribution in [1.29, 1.82) is 0 Å². The summed E-state index contributed by atoms with van der Waals surface area (Å²) >= 11 is 0. The van der Waals surface area contributed by atoms with Gasteiger partial charge in [0.15, 0.2) is 5.69 Å². The van der Waals surface area contributed by atoms with E-state index in [0.29, 0.717) is 38.5 Å². The second-order valence-corrected chi connectivity index (χ2v) is 8.68. The fraction of sp³-hybridized carbons (Fsp3) is 0.636. The van der Waals surface area contributed by atoms with Crippen LogP contribution in [0.2, 0.25) is 0 Å². The number of fused-ring (bicyclic) bond motifs is 1. The molecule has 0 saturated carbocycles. The molecule has 160 valence electrons. The van der Waals surface area contributed by atoms with Crippen molar-refractivity contribution >= 4 is 11.6 Å². The lowest BCUT2D eigenvalue weighted by Gasteiger charge is -2.26. The Bertz CT molecular complexity index is 834. The third-order valence-corrected chi connectivity index (χ3v) is 5.49. The minimum absolute atomic E-state index is 0.0251. The summed E-state index contributed by atoms with van der Waals surface area (Å²) in [6.07, 6.45) is 4.66. The molecule has 0 bridgehead atoms. The maximum Gasteiger partial charge on any atom is 0.274 e. The highest BCUT2D eigenvalue weighted by Gasteiger charge is 2.26. The number of aliphatic hydroxyl groups is 1. The van der Waals surface area contributed by atoms with Crippen molar-refractivity contribution in [2.75, 3.05) is 26.3 Å². The summed E-state index contributed by atoms with van der Waals surface area (Å²) in [6.45, 7) is 10.8. The molecule has 1 atom stereocenters. The number of pyridine rings is 1. The van der Waals surface area contributed by atoms with E-state index in [-0.39, 0.29) is 11.9 Å². The number of aryl methyl sites for hydroxylation is 1. The van der Waals surface area contributed by atoms with Crippen molar-refractivity contribution < 1.29 is 14.6 Å². The number of nitrogens with zero attached hydrogens (tertiary/aromatic N) is 3. The molecule has 3 rings (SSSR count). The molecule has 1 fully saturated rings. The summed E-state index contributed by atoms with van der Waals surface area (Å²) in [5.74, 6) is -0.0251. The van der Waals surface area contributed by atoms with E-state index in [2.05, 4.69) is 12.2 Å². The van der Waals surface area contributed by atoms with Gasteiger partial charge in [-0.2, -0.15) is 0 Å². The Hall–Kier alpha value is -1.96. The lowest BCUT2D eigenvalue weighted by Crippen LogP contribution is -2.41. The van der Waals surface area contributed by atoms with Gasteiger partial charge in [0.05, 0.1) is 24.5 Å². The Morgan fingerprint density at radius 1 is 1.38 bits per heavy atom. The van der Waals surface area contributed by atoms with E-state index >= 15 is 0 Å². The molecule has 2 N–H and O–H groups in total. The third-order valence-electron chi connectivity index (χ3n) is 5.49. The molecule has 2 aromatic rings. The molecule has 2 aromatic heterocycles. The van der Waals surface area contributed by atoms with E-state index in [1.165, 1.54) is 0 Å². The van der Waals surface area contributed by atoms with Gasteiger partial charge < -0.3 is 24.5 Å². The van der Waals surface area contributed by atoms with Crippen LogP contribution < -0.4 is 5.32 Å². The molecule has 29 heavy (non-hydrogen) atoms. The normalized spacial score (nSPS) is 16.4. The fourth-order valence-corrected chi connectivity index (χ4v) is 3.72.